The van der Waals surface area contributed by atoms with Gasteiger partial charge in [-0.1, -0.05) is 49.1 Å². The Bertz CT molecular complexity index is 590. The lowest BCUT2D eigenvalue weighted by Gasteiger charge is -2.33. The topological polar surface area (TPSA) is 64.9 Å². The third-order valence-electron chi connectivity index (χ3n) is 4.55. The molecule has 1 aromatic carbocycles. The monoisotopic (exact) mass is 333 g/mol. The van der Waals surface area contributed by atoms with Crippen molar-refractivity contribution in [2.45, 2.75) is 63.6 Å². The van der Waals surface area contributed by atoms with Gasteiger partial charge in [0.05, 0.1) is 12.1 Å². The fraction of sp³-hybridized carbons (Fsp3) is 0.556. The Kier molecular flexibility index (Phi) is 6.04. The first-order chi connectivity index (χ1) is 11.0. The van der Waals surface area contributed by atoms with E-state index in [0.717, 1.165) is 37.7 Å². The van der Waals surface area contributed by atoms with E-state index in [1.54, 1.807) is 0 Å². The van der Waals surface area contributed by atoms with Gasteiger partial charge in [-0.15, -0.1) is 0 Å². The maximum Gasteiger partial charge on any atom is 0.238 e. The molecule has 0 bridgehead atoms. The van der Waals surface area contributed by atoms with E-state index in [9.17, 15) is 10.1 Å². The molecule has 2 N–H and O–H groups in total. The van der Waals surface area contributed by atoms with E-state index < -0.39 is 11.6 Å². The summed E-state index contributed by atoms with van der Waals surface area (Å²) in [5.74, 6) is -0.132. The van der Waals surface area contributed by atoms with Gasteiger partial charge in [0.15, 0.2) is 0 Å². The molecule has 4 nitrogen and oxygen atoms in total. The molecule has 0 saturated heterocycles. The van der Waals surface area contributed by atoms with Crippen molar-refractivity contribution in [3.63, 3.8) is 0 Å². The number of nitrogens with zero attached hydrogens (tertiary/aromatic N) is 1. The van der Waals surface area contributed by atoms with Gasteiger partial charge in [-0.3, -0.25) is 10.1 Å². The zero-order chi connectivity index (χ0) is 16.9. The quantitative estimate of drug-likeness (QED) is 0.863. The third-order valence-corrected chi connectivity index (χ3v) is 4.89. The van der Waals surface area contributed by atoms with Crippen molar-refractivity contribution in [3.05, 3.63) is 34.9 Å². The van der Waals surface area contributed by atoms with Crippen LogP contribution >= 0.6 is 11.6 Å². The van der Waals surface area contributed by atoms with Gasteiger partial charge in [-0.25, -0.2) is 0 Å². The van der Waals surface area contributed by atoms with Crippen molar-refractivity contribution in [3.8, 4) is 6.07 Å². The van der Waals surface area contributed by atoms with Gasteiger partial charge >= 0.3 is 0 Å². The summed E-state index contributed by atoms with van der Waals surface area (Å²) < 4.78 is 0. The molecule has 23 heavy (non-hydrogen) atoms. The van der Waals surface area contributed by atoms with E-state index >= 15 is 0 Å². The lowest BCUT2D eigenvalue weighted by atomic mass is 9.82. The third kappa shape index (κ3) is 4.46. The lowest BCUT2D eigenvalue weighted by molar-refractivity contribution is -0.124. The summed E-state index contributed by atoms with van der Waals surface area (Å²) in [7, 11) is 0. The lowest BCUT2D eigenvalue weighted by Crippen LogP contribution is -2.54. The minimum absolute atomic E-state index is 0.0474. The molecule has 0 heterocycles. The summed E-state index contributed by atoms with van der Waals surface area (Å²) in [6, 6.07) is 9.47. The maximum atomic E-state index is 12.5. The molecule has 0 unspecified atom stereocenters. The highest BCUT2D eigenvalue weighted by atomic mass is 35.5. The number of nitrogens with one attached hydrogen (secondary N) is 2. The Hall–Kier alpha value is -1.57. The van der Waals surface area contributed by atoms with Crippen LogP contribution in [0.4, 0.5) is 0 Å². The Morgan fingerprint density at radius 2 is 1.91 bits per heavy atom. The predicted molar refractivity (Wildman–Crippen MR) is 92.0 cm³/mol. The van der Waals surface area contributed by atoms with Crippen LogP contribution in [0.1, 0.15) is 57.6 Å². The normalized spacial score (nSPS) is 19.4. The number of hydrogen-bond acceptors (Lipinski definition) is 3. The molecule has 1 amide bonds. The molecule has 124 valence electrons. The van der Waals surface area contributed by atoms with Crippen LogP contribution in [-0.4, -0.2) is 17.5 Å². The highest BCUT2D eigenvalue weighted by Gasteiger charge is 2.34. The van der Waals surface area contributed by atoms with Crippen molar-refractivity contribution in [2.24, 2.45) is 0 Å². The van der Waals surface area contributed by atoms with Crippen LogP contribution in [0.3, 0.4) is 0 Å². The van der Waals surface area contributed by atoms with E-state index in [1.165, 1.54) is 0 Å². The molecule has 1 aliphatic rings. The summed E-state index contributed by atoms with van der Waals surface area (Å²) in [4.78, 5) is 12.5. The average molecular weight is 334 g/mol. The van der Waals surface area contributed by atoms with E-state index in [2.05, 4.69) is 16.7 Å². The van der Waals surface area contributed by atoms with Gasteiger partial charge in [0.1, 0.15) is 5.54 Å². The molecule has 1 saturated carbocycles. The van der Waals surface area contributed by atoms with Gasteiger partial charge in [0, 0.05) is 11.1 Å². The van der Waals surface area contributed by atoms with Crippen LogP contribution in [0.5, 0.6) is 0 Å². The van der Waals surface area contributed by atoms with E-state index in [4.69, 9.17) is 11.6 Å². The van der Waals surface area contributed by atoms with Crippen molar-refractivity contribution in [2.75, 3.05) is 0 Å². The minimum atomic E-state index is -0.696. The highest BCUT2D eigenvalue weighted by Crippen LogP contribution is 2.28. The molecular weight excluding hydrogens is 310 g/mol. The second kappa shape index (κ2) is 7.81. The standard InChI is InChI=1S/C18H24ClN3O/c1-13(15-8-4-5-9-16(15)19)21-14(2)17(23)22-18(12-20)10-6-3-7-11-18/h4-5,8-9,13-14,21H,3,6-7,10-11H2,1-2H3,(H,22,23)/t13-,14-/m0/s1. The number of carbonyl (C=O) groups is 1. The van der Waals surface area contributed by atoms with Crippen LogP contribution in [0.15, 0.2) is 24.3 Å². The SMILES string of the molecule is C[C@H](N[C@@H](C)c1ccccc1Cl)C(=O)NC1(C#N)CCCCC1. The second-order valence-corrected chi connectivity index (χ2v) is 6.78. The average Bonchev–Trinajstić information content (AvgIpc) is 2.55. The largest absolute Gasteiger partial charge is 0.336 e. The molecule has 2 atom stereocenters. The van der Waals surface area contributed by atoms with Crippen LogP contribution < -0.4 is 10.6 Å². The smallest absolute Gasteiger partial charge is 0.238 e. The first-order valence-electron chi connectivity index (χ1n) is 8.21. The molecule has 0 spiro atoms. The number of carbonyl (C=O) groups excluding carboxylic acids is 1. The Morgan fingerprint density at radius 1 is 1.26 bits per heavy atom. The molecule has 0 aliphatic heterocycles. The van der Waals surface area contributed by atoms with E-state index in [-0.39, 0.29) is 11.9 Å². The van der Waals surface area contributed by atoms with Crippen molar-refractivity contribution in [1.82, 2.24) is 10.6 Å². The zero-order valence-electron chi connectivity index (χ0n) is 13.7. The van der Waals surface area contributed by atoms with E-state index in [1.807, 2.05) is 38.1 Å². The predicted octanol–water partition coefficient (Wildman–Crippen LogP) is 3.72. The molecule has 1 fully saturated rings. The van der Waals surface area contributed by atoms with Gasteiger partial charge in [-0.05, 0) is 38.3 Å². The van der Waals surface area contributed by atoms with Crippen LogP contribution in [-0.2, 0) is 4.79 Å². The second-order valence-electron chi connectivity index (χ2n) is 6.38. The number of benzene rings is 1. The molecule has 1 aromatic rings. The van der Waals surface area contributed by atoms with Crippen LogP contribution in [0.2, 0.25) is 5.02 Å². The van der Waals surface area contributed by atoms with Gasteiger partial charge < -0.3 is 5.32 Å². The number of amides is 1. The molecule has 0 radical (unpaired) electrons. The van der Waals surface area contributed by atoms with Crippen molar-refractivity contribution >= 4 is 17.5 Å². The summed E-state index contributed by atoms with van der Waals surface area (Å²) in [5.41, 5.74) is 0.264. The summed E-state index contributed by atoms with van der Waals surface area (Å²) >= 11 is 6.20. The number of halogens is 1. The number of nitriles is 1. The Labute approximate surface area is 143 Å². The summed E-state index contributed by atoms with van der Waals surface area (Å²) in [5, 5.41) is 16.4. The fourth-order valence-corrected chi connectivity index (χ4v) is 3.43. The van der Waals surface area contributed by atoms with Crippen molar-refractivity contribution < 1.29 is 4.79 Å². The zero-order valence-corrected chi connectivity index (χ0v) is 14.5. The molecular formula is C18H24ClN3O. The first kappa shape index (κ1) is 17.8. The first-order valence-corrected chi connectivity index (χ1v) is 8.59. The Balaban J connectivity index is 1.97. The number of hydrogen-bond donors (Lipinski definition) is 2. The highest BCUT2D eigenvalue weighted by molar-refractivity contribution is 6.31. The number of rotatable bonds is 5. The maximum absolute atomic E-state index is 12.5. The summed E-state index contributed by atoms with van der Waals surface area (Å²) in [6.07, 6.45) is 4.60. The summed E-state index contributed by atoms with van der Waals surface area (Å²) in [6.45, 7) is 3.79. The Morgan fingerprint density at radius 3 is 2.52 bits per heavy atom. The van der Waals surface area contributed by atoms with Crippen LogP contribution in [0, 0.1) is 11.3 Å². The molecule has 5 heteroatoms. The minimum Gasteiger partial charge on any atom is -0.336 e. The van der Waals surface area contributed by atoms with Gasteiger partial charge in [-0.2, -0.15) is 5.26 Å². The van der Waals surface area contributed by atoms with Gasteiger partial charge in [0.2, 0.25) is 5.91 Å². The molecule has 2 rings (SSSR count). The molecule has 0 aromatic heterocycles. The van der Waals surface area contributed by atoms with Gasteiger partial charge in [0.25, 0.3) is 0 Å². The molecule has 1 aliphatic carbocycles. The van der Waals surface area contributed by atoms with E-state index in [0.29, 0.717) is 5.02 Å². The fourth-order valence-electron chi connectivity index (χ4n) is 3.13. The van der Waals surface area contributed by atoms with Crippen LogP contribution in [0.25, 0.3) is 0 Å². The van der Waals surface area contributed by atoms with Crippen molar-refractivity contribution in [1.29, 1.82) is 5.26 Å².